The van der Waals surface area contributed by atoms with Crippen molar-refractivity contribution >= 4 is 0 Å². The molecule has 4 aromatic carbocycles. The number of aliphatic hydroxyl groups is 1. The summed E-state index contributed by atoms with van der Waals surface area (Å²) in [5.74, 6) is 0.674. The van der Waals surface area contributed by atoms with Crippen LogP contribution in [0, 0.1) is 6.92 Å². The summed E-state index contributed by atoms with van der Waals surface area (Å²) in [6, 6.07) is 41.5. The summed E-state index contributed by atoms with van der Waals surface area (Å²) < 4.78 is 4.27. The van der Waals surface area contributed by atoms with Crippen LogP contribution in [0.1, 0.15) is 34.9 Å². The Morgan fingerprint density at radius 2 is 1.25 bits per heavy atom. The fourth-order valence-corrected chi connectivity index (χ4v) is 5.82. The molecule has 1 N–H and O–H groups in total. The molecule has 0 saturated carbocycles. The average Bonchev–Trinajstić information content (AvgIpc) is 3.64. The lowest BCUT2D eigenvalue weighted by Gasteiger charge is -2.36. The van der Waals surface area contributed by atoms with Gasteiger partial charge in [-0.15, -0.1) is 5.10 Å². The lowest BCUT2D eigenvalue weighted by atomic mass is 9.77. The first-order chi connectivity index (χ1) is 19.7. The molecule has 0 aliphatic heterocycles. The Morgan fingerprint density at radius 1 is 0.725 bits per heavy atom. The van der Waals surface area contributed by atoms with Crippen molar-refractivity contribution in [3.05, 3.63) is 149 Å². The van der Waals surface area contributed by atoms with Crippen LogP contribution < -0.4 is 0 Å². The molecule has 0 fully saturated rings. The van der Waals surface area contributed by atoms with E-state index in [1.807, 2.05) is 35.0 Å². The summed E-state index contributed by atoms with van der Waals surface area (Å²) in [5.41, 5.74) is 7.38. The summed E-state index contributed by atoms with van der Waals surface area (Å²) in [4.78, 5) is 0. The first kappa shape index (κ1) is 25.5. The van der Waals surface area contributed by atoms with E-state index < -0.39 is 5.54 Å². The fourth-order valence-electron chi connectivity index (χ4n) is 5.82. The second kappa shape index (κ2) is 10.8. The number of tetrazole rings is 1. The van der Waals surface area contributed by atoms with Crippen molar-refractivity contribution in [3.63, 3.8) is 0 Å². The Bertz CT molecular complexity index is 1610. The normalized spacial score (nSPS) is 11.6. The van der Waals surface area contributed by atoms with Crippen molar-refractivity contribution in [2.24, 2.45) is 0 Å². The van der Waals surface area contributed by atoms with Gasteiger partial charge in [-0.25, -0.2) is 4.68 Å². The minimum Gasteiger partial charge on any atom is -0.392 e. The van der Waals surface area contributed by atoms with E-state index in [0.717, 1.165) is 51.3 Å². The summed E-state index contributed by atoms with van der Waals surface area (Å²) >= 11 is 0. The molecule has 0 amide bonds. The molecule has 2 heterocycles. The number of rotatable bonds is 8. The smallest absolute Gasteiger partial charge is 0.185 e. The molecule has 6 aromatic rings. The highest BCUT2D eigenvalue weighted by molar-refractivity contribution is 5.80. The van der Waals surface area contributed by atoms with Crippen LogP contribution in [0.2, 0.25) is 0 Å². The van der Waals surface area contributed by atoms with Crippen LogP contribution in [-0.4, -0.2) is 29.9 Å². The van der Waals surface area contributed by atoms with E-state index in [1.54, 1.807) is 0 Å². The first-order valence-corrected chi connectivity index (χ1v) is 13.5. The number of aliphatic hydroxyl groups excluding tert-OH is 1. The van der Waals surface area contributed by atoms with Crippen LogP contribution in [0.25, 0.3) is 22.6 Å². The van der Waals surface area contributed by atoms with Gasteiger partial charge in [0.1, 0.15) is 5.54 Å². The molecule has 0 aliphatic carbocycles. The Morgan fingerprint density at radius 3 is 1.73 bits per heavy atom. The standard InChI is InChI=1S/C34H31N5O/c1-3-38-25(2)23-31(32(38)27-21-19-26(24-40)20-22-27)33-35-36-37-39(33)34(28-13-7-4-8-14-28,29-15-9-5-10-16-29)30-17-11-6-12-18-30/h4-23,40H,3,24H2,1-2H3. The Hall–Kier alpha value is -4.81. The Balaban J connectivity index is 1.69. The molecule has 198 valence electrons. The highest BCUT2D eigenvalue weighted by Gasteiger charge is 2.42. The number of aromatic nitrogens is 5. The van der Waals surface area contributed by atoms with Gasteiger partial charge in [0.2, 0.25) is 0 Å². The topological polar surface area (TPSA) is 68.8 Å². The quantitative estimate of drug-likeness (QED) is 0.231. The van der Waals surface area contributed by atoms with Crippen molar-refractivity contribution in [2.45, 2.75) is 32.5 Å². The third-order valence-electron chi connectivity index (χ3n) is 7.63. The van der Waals surface area contributed by atoms with E-state index in [0.29, 0.717) is 5.82 Å². The monoisotopic (exact) mass is 525 g/mol. The maximum Gasteiger partial charge on any atom is 0.185 e. The third kappa shape index (κ3) is 4.14. The molecule has 6 heteroatoms. The van der Waals surface area contributed by atoms with E-state index in [1.165, 1.54) is 0 Å². The van der Waals surface area contributed by atoms with Gasteiger partial charge in [0.25, 0.3) is 0 Å². The molecule has 0 bridgehead atoms. The molecule has 0 aliphatic rings. The second-order valence-electron chi connectivity index (χ2n) is 9.87. The zero-order valence-electron chi connectivity index (χ0n) is 22.6. The highest BCUT2D eigenvalue weighted by atomic mass is 16.3. The molecule has 6 rings (SSSR count). The van der Waals surface area contributed by atoms with Gasteiger partial charge in [0, 0.05) is 17.8 Å². The third-order valence-corrected chi connectivity index (χ3v) is 7.63. The summed E-state index contributed by atoms with van der Waals surface area (Å²) in [6.45, 7) is 5.07. The zero-order valence-corrected chi connectivity index (χ0v) is 22.6. The van der Waals surface area contributed by atoms with Crippen LogP contribution in [0.15, 0.2) is 121 Å². The van der Waals surface area contributed by atoms with E-state index in [2.05, 4.69) is 120 Å². The van der Waals surface area contributed by atoms with Crippen molar-refractivity contribution in [3.8, 4) is 22.6 Å². The predicted octanol–water partition coefficient (Wildman–Crippen LogP) is 6.47. The maximum atomic E-state index is 9.62. The van der Waals surface area contributed by atoms with E-state index in [4.69, 9.17) is 5.21 Å². The van der Waals surface area contributed by atoms with E-state index in [9.17, 15) is 5.11 Å². The lowest BCUT2D eigenvalue weighted by Crippen LogP contribution is -2.39. The first-order valence-electron chi connectivity index (χ1n) is 13.5. The molecular formula is C34H31N5O. The zero-order chi connectivity index (χ0) is 27.5. The average molecular weight is 526 g/mol. The lowest BCUT2D eigenvalue weighted by molar-refractivity contribution is 0.282. The van der Waals surface area contributed by atoms with E-state index >= 15 is 0 Å². The molecule has 0 radical (unpaired) electrons. The van der Waals surface area contributed by atoms with Crippen molar-refractivity contribution in [1.82, 2.24) is 24.8 Å². The summed E-state index contributed by atoms with van der Waals surface area (Å²) in [7, 11) is 0. The van der Waals surface area contributed by atoms with Crippen LogP contribution in [0.4, 0.5) is 0 Å². The number of hydrogen-bond acceptors (Lipinski definition) is 4. The van der Waals surface area contributed by atoms with Crippen LogP contribution in [0.5, 0.6) is 0 Å². The summed E-state index contributed by atoms with van der Waals surface area (Å²) in [6.07, 6.45) is 0. The van der Waals surface area contributed by atoms with Gasteiger partial charge < -0.3 is 9.67 Å². The van der Waals surface area contributed by atoms with E-state index in [-0.39, 0.29) is 6.61 Å². The predicted molar refractivity (Wildman–Crippen MR) is 158 cm³/mol. The van der Waals surface area contributed by atoms with Crippen LogP contribution >= 0.6 is 0 Å². The van der Waals surface area contributed by atoms with Gasteiger partial charge >= 0.3 is 0 Å². The van der Waals surface area contributed by atoms with Crippen LogP contribution in [0.3, 0.4) is 0 Å². The molecule has 40 heavy (non-hydrogen) atoms. The maximum absolute atomic E-state index is 9.62. The van der Waals surface area contributed by atoms with Gasteiger partial charge in [-0.3, -0.25) is 0 Å². The van der Waals surface area contributed by atoms with Gasteiger partial charge in [0.05, 0.1) is 12.3 Å². The van der Waals surface area contributed by atoms with Crippen molar-refractivity contribution < 1.29 is 5.11 Å². The number of aryl methyl sites for hydroxylation is 1. The van der Waals surface area contributed by atoms with Crippen molar-refractivity contribution in [1.29, 1.82) is 0 Å². The SMILES string of the molecule is CCn1c(C)cc(-c2nnnn2C(c2ccccc2)(c2ccccc2)c2ccccc2)c1-c1ccc(CO)cc1. The Labute approximate surface area is 234 Å². The molecule has 2 aromatic heterocycles. The van der Waals surface area contributed by atoms with Crippen molar-refractivity contribution in [2.75, 3.05) is 0 Å². The molecule has 0 saturated heterocycles. The number of nitrogens with zero attached hydrogens (tertiary/aromatic N) is 5. The van der Waals surface area contributed by atoms with Gasteiger partial charge in [-0.2, -0.15) is 0 Å². The molecule has 0 atom stereocenters. The Kier molecular flexibility index (Phi) is 6.84. The number of benzene rings is 4. The minimum absolute atomic E-state index is 0.00689. The second-order valence-corrected chi connectivity index (χ2v) is 9.87. The largest absolute Gasteiger partial charge is 0.392 e. The van der Waals surface area contributed by atoms with Gasteiger partial charge in [-0.1, -0.05) is 115 Å². The minimum atomic E-state index is -0.831. The fraction of sp³-hybridized carbons (Fsp3) is 0.147. The molecule has 0 unspecified atom stereocenters. The number of hydrogen-bond donors (Lipinski definition) is 1. The summed E-state index contributed by atoms with van der Waals surface area (Å²) in [5, 5.41) is 23.3. The van der Waals surface area contributed by atoms with Gasteiger partial charge in [0.15, 0.2) is 5.82 Å². The molecule has 0 spiro atoms. The molecule has 6 nitrogen and oxygen atoms in total. The molecular weight excluding hydrogens is 494 g/mol. The van der Waals surface area contributed by atoms with Crippen LogP contribution in [-0.2, 0) is 18.7 Å². The highest BCUT2D eigenvalue weighted by Crippen LogP contribution is 2.44. The van der Waals surface area contributed by atoms with Gasteiger partial charge in [-0.05, 0) is 58.2 Å².